The first kappa shape index (κ1) is 8.66. The van der Waals surface area contributed by atoms with Gasteiger partial charge in [0.25, 0.3) is 0 Å². The molecule has 1 N–H and O–H groups in total. The van der Waals surface area contributed by atoms with E-state index in [2.05, 4.69) is 29.6 Å². The van der Waals surface area contributed by atoms with Gasteiger partial charge in [-0.25, -0.2) is 0 Å². The maximum atomic E-state index is 4.72. The number of fused-ring (bicyclic) bond motifs is 1. The Hall–Kier alpha value is -0.631. The van der Waals surface area contributed by atoms with Gasteiger partial charge >= 0.3 is 89.1 Å². The average Bonchev–Trinajstić information content (AvgIpc) is 2.85. The first-order valence-corrected chi connectivity index (χ1v) is 6.62. The first-order valence-electron chi connectivity index (χ1n) is 5.00. The summed E-state index contributed by atoms with van der Waals surface area (Å²) in [5, 5.41) is 4.82. The fraction of sp³-hybridized carbons (Fsp3) is 0.364. The van der Waals surface area contributed by atoms with Gasteiger partial charge in [-0.3, -0.25) is 0 Å². The van der Waals surface area contributed by atoms with Gasteiger partial charge in [0, 0.05) is 0 Å². The predicted octanol–water partition coefficient (Wildman–Crippen LogP) is 1.37. The van der Waals surface area contributed by atoms with Crippen LogP contribution in [0.1, 0.15) is 18.0 Å². The second-order valence-electron chi connectivity index (χ2n) is 3.75. The van der Waals surface area contributed by atoms with Crippen molar-refractivity contribution in [3.63, 3.8) is 0 Å². The first-order chi connectivity index (χ1) is 6.95. The molecule has 1 aromatic heterocycles. The van der Waals surface area contributed by atoms with Crippen molar-refractivity contribution in [2.45, 2.75) is 12.3 Å². The van der Waals surface area contributed by atoms with Crippen LogP contribution in [-0.2, 0) is 0 Å². The Kier molecular flexibility index (Phi) is 2.17. The van der Waals surface area contributed by atoms with Crippen LogP contribution in [0.5, 0.6) is 0 Å². The van der Waals surface area contributed by atoms with E-state index in [1.54, 1.807) is 0 Å². The molecule has 0 bridgehead atoms. The molecule has 1 saturated heterocycles. The quantitative estimate of drug-likeness (QED) is 0.774. The van der Waals surface area contributed by atoms with Crippen LogP contribution >= 0.6 is 0 Å². The molecule has 2 heterocycles. The molecule has 0 saturated carbocycles. The summed E-state index contributed by atoms with van der Waals surface area (Å²) in [6.45, 7) is 2.27. The third kappa shape index (κ3) is 1.33. The van der Waals surface area contributed by atoms with Crippen molar-refractivity contribution in [1.82, 2.24) is 9.30 Å². The van der Waals surface area contributed by atoms with E-state index in [0.717, 1.165) is 13.1 Å². The second kappa shape index (κ2) is 3.50. The van der Waals surface area contributed by atoms with E-state index < -0.39 is 0 Å². The van der Waals surface area contributed by atoms with Gasteiger partial charge in [0.05, 0.1) is 0 Å². The third-order valence-electron chi connectivity index (χ3n) is 2.85. The molecular formula is C11H12N2Se. The second-order valence-corrected chi connectivity index (χ2v) is 5.44. The molecule has 1 aromatic carbocycles. The summed E-state index contributed by atoms with van der Waals surface area (Å²) in [4.78, 5) is 0. The monoisotopic (exact) mass is 252 g/mol. The molecule has 2 nitrogen and oxygen atoms in total. The van der Waals surface area contributed by atoms with Crippen molar-refractivity contribution in [2.75, 3.05) is 13.1 Å². The Morgan fingerprint density at radius 1 is 1.36 bits per heavy atom. The molecule has 14 heavy (non-hydrogen) atoms. The van der Waals surface area contributed by atoms with Crippen LogP contribution in [0.2, 0.25) is 0 Å². The van der Waals surface area contributed by atoms with Crippen LogP contribution < -0.4 is 5.32 Å². The summed E-state index contributed by atoms with van der Waals surface area (Å²) in [6, 6.07) is 8.68. The Bertz CT molecular complexity index is 443. The maximum absolute atomic E-state index is 4.72. The SMILES string of the molecule is c1ccc2c([C@@H]3CCNC3)n[se]c2c1. The zero-order valence-electron chi connectivity index (χ0n) is 7.86. The van der Waals surface area contributed by atoms with E-state index in [0.29, 0.717) is 20.7 Å². The summed E-state index contributed by atoms with van der Waals surface area (Å²) in [7, 11) is 0. The van der Waals surface area contributed by atoms with Crippen LogP contribution in [0, 0.1) is 0 Å². The average molecular weight is 251 g/mol. The molecule has 2 aromatic rings. The summed E-state index contributed by atoms with van der Waals surface area (Å²) in [5.41, 5.74) is 1.37. The molecule has 3 rings (SSSR count). The van der Waals surface area contributed by atoms with Crippen molar-refractivity contribution in [1.29, 1.82) is 0 Å². The molecular weight excluding hydrogens is 239 g/mol. The van der Waals surface area contributed by atoms with E-state index >= 15 is 0 Å². The fourth-order valence-corrected chi connectivity index (χ4v) is 3.88. The van der Waals surface area contributed by atoms with E-state index in [-0.39, 0.29) is 0 Å². The molecule has 72 valence electrons. The van der Waals surface area contributed by atoms with E-state index in [9.17, 15) is 0 Å². The van der Waals surface area contributed by atoms with Gasteiger partial charge in [0.1, 0.15) is 0 Å². The van der Waals surface area contributed by atoms with Gasteiger partial charge < -0.3 is 0 Å². The normalized spacial score (nSPS) is 21.9. The fourth-order valence-electron chi connectivity index (χ4n) is 2.09. The van der Waals surface area contributed by atoms with Gasteiger partial charge in [-0.2, -0.15) is 0 Å². The van der Waals surface area contributed by atoms with Gasteiger partial charge in [-0.05, 0) is 0 Å². The van der Waals surface area contributed by atoms with Crippen LogP contribution in [0.25, 0.3) is 9.65 Å². The molecule has 1 atom stereocenters. The van der Waals surface area contributed by atoms with Crippen LogP contribution in [0.3, 0.4) is 0 Å². The predicted molar refractivity (Wildman–Crippen MR) is 58.9 cm³/mol. The molecule has 0 spiro atoms. The number of nitrogens with one attached hydrogen (secondary N) is 1. The molecule has 1 aliphatic heterocycles. The standard InChI is InChI=1S/C11H12N2Se/c1-2-4-10-9(3-1)11(13-14-10)8-5-6-12-7-8/h1-4,8,12H,5-7H2/t8-/m1/s1. The zero-order chi connectivity index (χ0) is 9.38. The summed E-state index contributed by atoms with van der Waals surface area (Å²) in [5.74, 6) is 0.667. The summed E-state index contributed by atoms with van der Waals surface area (Å²) >= 11 is 0.342. The number of benzene rings is 1. The van der Waals surface area contributed by atoms with E-state index in [4.69, 9.17) is 3.98 Å². The number of aromatic nitrogens is 1. The van der Waals surface area contributed by atoms with Crippen molar-refractivity contribution in [2.24, 2.45) is 0 Å². The van der Waals surface area contributed by atoms with Crippen molar-refractivity contribution < 1.29 is 0 Å². The van der Waals surface area contributed by atoms with Gasteiger partial charge in [0.15, 0.2) is 0 Å². The molecule has 1 aliphatic rings. The van der Waals surface area contributed by atoms with E-state index in [1.807, 2.05) is 0 Å². The number of hydrogen-bond donors (Lipinski definition) is 1. The number of hydrogen-bond acceptors (Lipinski definition) is 2. The molecule has 0 aliphatic carbocycles. The topological polar surface area (TPSA) is 24.9 Å². The Morgan fingerprint density at radius 3 is 3.14 bits per heavy atom. The molecule has 3 heteroatoms. The van der Waals surface area contributed by atoms with Crippen molar-refractivity contribution in [3.05, 3.63) is 30.0 Å². The minimum atomic E-state index is 0.342. The summed E-state index contributed by atoms with van der Waals surface area (Å²) < 4.78 is 6.18. The van der Waals surface area contributed by atoms with E-state index in [1.165, 1.54) is 21.8 Å². The third-order valence-corrected chi connectivity index (χ3v) is 4.62. The van der Waals surface area contributed by atoms with Crippen molar-refractivity contribution >= 4 is 24.4 Å². The zero-order valence-corrected chi connectivity index (χ0v) is 9.58. The number of rotatable bonds is 1. The van der Waals surface area contributed by atoms with Crippen LogP contribution in [0.4, 0.5) is 0 Å². The van der Waals surface area contributed by atoms with Gasteiger partial charge in [-0.15, -0.1) is 0 Å². The van der Waals surface area contributed by atoms with Gasteiger partial charge in [0.2, 0.25) is 0 Å². The Morgan fingerprint density at radius 2 is 2.29 bits per heavy atom. The van der Waals surface area contributed by atoms with Crippen molar-refractivity contribution in [3.8, 4) is 0 Å². The van der Waals surface area contributed by atoms with Gasteiger partial charge in [-0.1, -0.05) is 0 Å². The number of nitrogens with zero attached hydrogens (tertiary/aromatic N) is 1. The Balaban J connectivity index is 2.11. The van der Waals surface area contributed by atoms with Crippen LogP contribution in [-0.4, -0.2) is 31.8 Å². The van der Waals surface area contributed by atoms with Crippen LogP contribution in [0.15, 0.2) is 24.3 Å². The summed E-state index contributed by atoms with van der Waals surface area (Å²) in [6.07, 6.45) is 1.25. The molecule has 0 unspecified atom stereocenters. The molecule has 0 amide bonds. The molecule has 1 fully saturated rings. The minimum absolute atomic E-state index is 0.342. The Labute approximate surface area is 89.3 Å². The molecule has 0 radical (unpaired) electrons.